The van der Waals surface area contributed by atoms with E-state index >= 15 is 0 Å². The highest BCUT2D eigenvalue weighted by molar-refractivity contribution is 6.05. The number of rotatable bonds is 8. The van der Waals surface area contributed by atoms with E-state index in [1.165, 1.54) is 30.6 Å². The fourth-order valence-corrected chi connectivity index (χ4v) is 6.60. The fourth-order valence-electron chi connectivity index (χ4n) is 6.60. The number of hydrogen-bond donors (Lipinski definition) is 1. The third-order valence-corrected chi connectivity index (χ3v) is 8.83. The number of benzene rings is 1. The molecule has 0 bridgehead atoms. The molecular weight excluding hydrogens is 567 g/mol. The quantitative estimate of drug-likeness (QED) is 0.260. The lowest BCUT2D eigenvalue weighted by Crippen LogP contribution is -2.49. The summed E-state index contributed by atoms with van der Waals surface area (Å²) in [5.74, 6) is 1.00. The average molecular weight is 611 g/mol. The summed E-state index contributed by atoms with van der Waals surface area (Å²) in [4.78, 5) is 27.3. The highest BCUT2D eigenvalue weighted by atomic mass is 19.1. The monoisotopic (exact) mass is 610 g/mol. The number of methoxy groups -OCH3 is 1. The number of carbonyl (C=O) groups is 1. The van der Waals surface area contributed by atoms with Gasteiger partial charge in [-0.1, -0.05) is 32.9 Å². The molecule has 8 nitrogen and oxygen atoms in total. The molecule has 1 fully saturated rings. The number of piperazine rings is 1. The molecule has 45 heavy (non-hydrogen) atoms. The van der Waals surface area contributed by atoms with Crippen molar-refractivity contribution in [3.63, 3.8) is 0 Å². The number of amides is 1. The van der Waals surface area contributed by atoms with Crippen LogP contribution in [-0.4, -0.2) is 71.7 Å². The molecule has 0 saturated carbocycles. The second kappa shape index (κ2) is 13.0. The predicted octanol–water partition coefficient (Wildman–Crippen LogP) is 6.11. The van der Waals surface area contributed by atoms with Gasteiger partial charge in [0.25, 0.3) is 5.91 Å². The van der Waals surface area contributed by atoms with E-state index in [9.17, 15) is 9.18 Å². The molecule has 2 aliphatic heterocycles. The Hall–Kier alpha value is -4.24. The molecule has 1 N–H and O–H groups in total. The third-order valence-electron chi connectivity index (χ3n) is 8.83. The summed E-state index contributed by atoms with van der Waals surface area (Å²) in [7, 11) is 1.52. The van der Waals surface area contributed by atoms with E-state index < -0.39 is 5.82 Å². The lowest BCUT2D eigenvalue weighted by atomic mass is 9.97. The molecule has 1 saturated heterocycles. The van der Waals surface area contributed by atoms with Crippen LogP contribution in [0.5, 0.6) is 5.75 Å². The van der Waals surface area contributed by atoms with Crippen LogP contribution in [-0.2, 0) is 13.0 Å². The maximum atomic E-state index is 14.2. The number of hydrogen-bond acceptors (Lipinski definition) is 6. The molecule has 4 aromatic rings. The normalized spacial score (nSPS) is 15.6. The number of ether oxygens (including phenoxy) is 1. The fraction of sp³-hybridized carbons (Fsp3) is 0.417. The number of fused-ring (bicyclic) bond motifs is 1. The average Bonchev–Trinajstić information content (AvgIpc) is 3.42. The lowest BCUT2D eigenvalue weighted by Gasteiger charge is -2.36. The van der Waals surface area contributed by atoms with Gasteiger partial charge in [-0.25, -0.2) is 9.37 Å². The zero-order chi connectivity index (χ0) is 31.7. The number of carbonyl (C=O) groups excluding carboxylic acids is 1. The van der Waals surface area contributed by atoms with Crippen molar-refractivity contribution in [1.82, 2.24) is 24.8 Å². The Morgan fingerprint density at radius 3 is 2.56 bits per heavy atom. The molecular formula is C36H43FN6O2. The first-order chi connectivity index (χ1) is 21.8. The molecule has 5 heterocycles. The van der Waals surface area contributed by atoms with Crippen molar-refractivity contribution in [3.8, 4) is 16.9 Å². The van der Waals surface area contributed by atoms with E-state index in [2.05, 4.69) is 79.0 Å². The van der Waals surface area contributed by atoms with E-state index in [-0.39, 0.29) is 5.91 Å². The Balaban J connectivity index is 1.41. The van der Waals surface area contributed by atoms with Gasteiger partial charge in [0.2, 0.25) is 0 Å². The number of aromatic nitrogens is 3. The summed E-state index contributed by atoms with van der Waals surface area (Å²) in [6, 6.07) is 12.0. The number of pyridine rings is 2. The van der Waals surface area contributed by atoms with Crippen LogP contribution >= 0.6 is 0 Å². The van der Waals surface area contributed by atoms with Crippen LogP contribution in [0.1, 0.15) is 54.6 Å². The SMILES string of the molecule is CCc1ccc(-c2cc(C(=O)N3CCN(c4ncc(F)cc4OC)CC3)cc3cc(C4=CCCNC4)n(CC(C)C)c23)c(C)n1. The Bertz CT molecular complexity index is 1750. The van der Waals surface area contributed by atoms with E-state index in [1.54, 1.807) is 0 Å². The topological polar surface area (TPSA) is 75.5 Å². The minimum absolute atomic E-state index is 0.00401. The Labute approximate surface area is 264 Å². The first-order valence-electron chi connectivity index (χ1n) is 16.1. The first kappa shape index (κ1) is 30.8. The summed E-state index contributed by atoms with van der Waals surface area (Å²) in [5, 5.41) is 4.60. The molecule has 3 aromatic heterocycles. The molecule has 2 aliphatic rings. The molecule has 0 atom stereocenters. The second-order valence-corrected chi connectivity index (χ2v) is 12.4. The number of nitrogens with zero attached hydrogens (tertiary/aromatic N) is 5. The highest BCUT2D eigenvalue weighted by Crippen LogP contribution is 2.37. The van der Waals surface area contributed by atoms with Crippen molar-refractivity contribution >= 4 is 28.2 Å². The largest absolute Gasteiger partial charge is 0.493 e. The van der Waals surface area contributed by atoms with Crippen molar-refractivity contribution in [2.45, 2.75) is 47.1 Å². The van der Waals surface area contributed by atoms with Gasteiger partial charge in [-0.2, -0.15) is 0 Å². The minimum atomic E-state index is -0.438. The first-order valence-corrected chi connectivity index (χ1v) is 16.1. The van der Waals surface area contributed by atoms with E-state index in [1.807, 2.05) is 9.80 Å². The van der Waals surface area contributed by atoms with Gasteiger partial charge in [0.15, 0.2) is 11.6 Å². The van der Waals surface area contributed by atoms with Crippen LogP contribution in [0.25, 0.3) is 27.6 Å². The van der Waals surface area contributed by atoms with Crippen molar-refractivity contribution in [1.29, 1.82) is 0 Å². The van der Waals surface area contributed by atoms with Gasteiger partial charge in [-0.15, -0.1) is 0 Å². The Kier molecular flexibility index (Phi) is 8.90. The number of nitrogens with one attached hydrogen (secondary N) is 1. The lowest BCUT2D eigenvalue weighted by molar-refractivity contribution is 0.0746. The highest BCUT2D eigenvalue weighted by Gasteiger charge is 2.27. The molecule has 0 unspecified atom stereocenters. The van der Waals surface area contributed by atoms with Gasteiger partial charge < -0.3 is 24.4 Å². The summed E-state index contributed by atoms with van der Waals surface area (Å²) >= 11 is 0. The van der Waals surface area contributed by atoms with Crippen LogP contribution in [0, 0.1) is 18.7 Å². The van der Waals surface area contributed by atoms with Crippen LogP contribution in [0.4, 0.5) is 10.2 Å². The van der Waals surface area contributed by atoms with Gasteiger partial charge in [0.1, 0.15) is 5.82 Å². The van der Waals surface area contributed by atoms with Gasteiger partial charge in [-0.3, -0.25) is 9.78 Å². The minimum Gasteiger partial charge on any atom is -0.493 e. The maximum Gasteiger partial charge on any atom is 0.254 e. The summed E-state index contributed by atoms with van der Waals surface area (Å²) < 4.78 is 21.6. The zero-order valence-corrected chi connectivity index (χ0v) is 27.0. The van der Waals surface area contributed by atoms with Crippen molar-refractivity contribution in [3.05, 3.63) is 77.1 Å². The Morgan fingerprint density at radius 1 is 1.09 bits per heavy atom. The molecule has 1 amide bonds. The molecule has 9 heteroatoms. The molecule has 0 spiro atoms. The van der Waals surface area contributed by atoms with Crippen LogP contribution in [0.15, 0.2) is 48.7 Å². The summed E-state index contributed by atoms with van der Waals surface area (Å²) in [6.07, 6.45) is 5.42. The summed E-state index contributed by atoms with van der Waals surface area (Å²) in [6.45, 7) is 13.6. The smallest absolute Gasteiger partial charge is 0.254 e. The van der Waals surface area contributed by atoms with Crippen molar-refractivity contribution in [2.75, 3.05) is 51.3 Å². The molecule has 0 radical (unpaired) electrons. The molecule has 1 aromatic carbocycles. The van der Waals surface area contributed by atoms with Crippen molar-refractivity contribution in [2.24, 2.45) is 5.92 Å². The van der Waals surface area contributed by atoms with Crippen LogP contribution in [0.3, 0.4) is 0 Å². The van der Waals surface area contributed by atoms with Gasteiger partial charge in [0.05, 0.1) is 18.8 Å². The van der Waals surface area contributed by atoms with Crippen LogP contribution in [0.2, 0.25) is 0 Å². The molecule has 6 rings (SSSR count). The van der Waals surface area contributed by atoms with Crippen LogP contribution < -0.4 is 15.0 Å². The standard InChI is InChI=1S/C36H43FN6O2/c1-6-29-9-10-30(24(4)40-29)31-17-27(16-26-18-32(25-8-7-11-38-20-25)43(34(26)31)22-23(2)3)36(44)42-14-12-41(13-15-42)35-33(45-5)19-28(37)21-39-35/h8-10,16-19,21,23,38H,6-7,11-15,20,22H2,1-5H3. The number of anilines is 1. The van der Waals surface area contributed by atoms with Gasteiger partial charge in [-0.05, 0) is 62.1 Å². The number of halogens is 1. The van der Waals surface area contributed by atoms with Gasteiger partial charge in [0, 0.05) is 84.5 Å². The zero-order valence-electron chi connectivity index (χ0n) is 27.0. The van der Waals surface area contributed by atoms with Gasteiger partial charge >= 0.3 is 0 Å². The van der Waals surface area contributed by atoms with E-state index in [0.29, 0.717) is 49.2 Å². The third kappa shape index (κ3) is 6.18. The van der Waals surface area contributed by atoms with E-state index in [0.717, 1.165) is 65.9 Å². The Morgan fingerprint density at radius 2 is 1.89 bits per heavy atom. The molecule has 236 valence electrons. The second-order valence-electron chi connectivity index (χ2n) is 12.4. The van der Waals surface area contributed by atoms with Crippen molar-refractivity contribution < 1.29 is 13.9 Å². The predicted molar refractivity (Wildman–Crippen MR) is 178 cm³/mol. The summed E-state index contributed by atoms with van der Waals surface area (Å²) in [5.41, 5.74) is 8.45. The maximum absolute atomic E-state index is 14.2. The number of aryl methyl sites for hydroxylation is 2. The molecule has 0 aliphatic carbocycles. The van der Waals surface area contributed by atoms with E-state index in [4.69, 9.17) is 9.72 Å².